The molecule has 200 valence electrons. The molecule has 0 atom stereocenters. The van der Waals surface area contributed by atoms with E-state index in [9.17, 15) is 9.59 Å². The molecule has 0 aliphatic heterocycles. The van der Waals surface area contributed by atoms with Crippen LogP contribution in [0.1, 0.15) is 37.5 Å². The summed E-state index contributed by atoms with van der Waals surface area (Å²) >= 11 is 18.6. The molecule has 0 bridgehead atoms. The first-order valence-corrected chi connectivity index (χ1v) is 13.3. The van der Waals surface area contributed by atoms with Crippen molar-refractivity contribution in [1.29, 1.82) is 0 Å². The fraction of sp³-hybridized carbons (Fsp3) is 0.0645. The molecule has 0 spiro atoms. The summed E-state index contributed by atoms with van der Waals surface area (Å²) in [6.45, 7) is 3.99. The molecule has 1 aromatic heterocycles. The molecular formula is C31H22Cl3N3O3. The molecule has 0 aliphatic rings. The highest BCUT2D eigenvalue weighted by atomic mass is 35.5. The number of aromatic amines is 1. The predicted octanol–water partition coefficient (Wildman–Crippen LogP) is 8.40. The Morgan fingerprint density at radius 2 is 1.65 bits per heavy atom. The minimum absolute atomic E-state index is 0.169. The second-order valence-electron chi connectivity index (χ2n) is 9.11. The number of aromatic nitrogens is 1. The van der Waals surface area contributed by atoms with Gasteiger partial charge in [-0.15, -0.1) is 0 Å². The van der Waals surface area contributed by atoms with Crippen molar-refractivity contribution >= 4 is 63.8 Å². The third kappa shape index (κ3) is 5.61. The number of carbonyl (C=O) groups is 2. The number of amides is 1. The van der Waals surface area contributed by atoms with Crippen LogP contribution in [-0.4, -0.2) is 23.1 Å². The molecule has 5 rings (SSSR count). The van der Waals surface area contributed by atoms with Crippen LogP contribution in [0, 0.1) is 13.8 Å². The zero-order chi connectivity index (χ0) is 28.4. The molecule has 0 saturated heterocycles. The van der Waals surface area contributed by atoms with Crippen molar-refractivity contribution in [2.75, 3.05) is 0 Å². The van der Waals surface area contributed by atoms with E-state index in [1.54, 1.807) is 36.4 Å². The van der Waals surface area contributed by atoms with Gasteiger partial charge in [0.25, 0.3) is 5.91 Å². The number of rotatable bonds is 6. The van der Waals surface area contributed by atoms with Crippen LogP contribution in [-0.2, 0) is 0 Å². The van der Waals surface area contributed by atoms with E-state index in [0.29, 0.717) is 26.9 Å². The van der Waals surface area contributed by atoms with Crippen molar-refractivity contribution in [3.8, 4) is 16.9 Å². The van der Waals surface area contributed by atoms with E-state index in [1.165, 1.54) is 18.3 Å². The molecule has 0 fully saturated rings. The third-order valence-corrected chi connectivity index (χ3v) is 7.14. The van der Waals surface area contributed by atoms with Gasteiger partial charge in [-0.25, -0.2) is 10.2 Å². The van der Waals surface area contributed by atoms with E-state index in [2.05, 4.69) is 15.5 Å². The lowest BCUT2D eigenvalue weighted by molar-refractivity contribution is 0.0734. The van der Waals surface area contributed by atoms with E-state index >= 15 is 0 Å². The van der Waals surface area contributed by atoms with E-state index in [1.807, 2.05) is 44.2 Å². The highest BCUT2D eigenvalue weighted by Gasteiger charge is 2.22. The molecule has 2 N–H and O–H groups in total. The van der Waals surface area contributed by atoms with Crippen LogP contribution in [0.4, 0.5) is 0 Å². The number of fused-ring (bicyclic) bond motifs is 1. The van der Waals surface area contributed by atoms with Gasteiger partial charge in [0.15, 0.2) is 0 Å². The fourth-order valence-electron chi connectivity index (χ4n) is 4.47. The summed E-state index contributed by atoms with van der Waals surface area (Å²) in [5.41, 5.74) is 7.87. The molecule has 0 radical (unpaired) electrons. The number of hydrogen-bond donors (Lipinski definition) is 2. The zero-order valence-electron chi connectivity index (χ0n) is 21.4. The topological polar surface area (TPSA) is 83.6 Å². The summed E-state index contributed by atoms with van der Waals surface area (Å²) in [5, 5.41) is 6.13. The molecule has 6 nitrogen and oxygen atoms in total. The van der Waals surface area contributed by atoms with Gasteiger partial charge in [0.05, 0.1) is 16.8 Å². The van der Waals surface area contributed by atoms with Crippen LogP contribution in [0.15, 0.2) is 84.0 Å². The highest BCUT2D eigenvalue weighted by molar-refractivity contribution is 6.36. The maximum atomic E-state index is 13.4. The Kier molecular flexibility index (Phi) is 7.94. The maximum Gasteiger partial charge on any atom is 0.345 e. The van der Waals surface area contributed by atoms with Crippen molar-refractivity contribution in [1.82, 2.24) is 10.4 Å². The quantitative estimate of drug-likeness (QED) is 0.0901. The van der Waals surface area contributed by atoms with Crippen LogP contribution in [0.5, 0.6) is 5.75 Å². The van der Waals surface area contributed by atoms with Crippen LogP contribution in [0.3, 0.4) is 0 Å². The lowest BCUT2D eigenvalue weighted by Gasteiger charge is -2.09. The molecule has 5 aromatic rings. The number of hydrogen-bond acceptors (Lipinski definition) is 4. The number of carbonyl (C=O) groups excluding carboxylic acids is 2. The van der Waals surface area contributed by atoms with Gasteiger partial charge < -0.3 is 9.72 Å². The van der Waals surface area contributed by atoms with Crippen molar-refractivity contribution in [3.63, 3.8) is 0 Å². The lowest BCUT2D eigenvalue weighted by atomic mass is 9.99. The number of ether oxygens (including phenoxy) is 1. The number of hydrazone groups is 1. The number of halogens is 3. The van der Waals surface area contributed by atoms with Gasteiger partial charge in [0.1, 0.15) is 11.4 Å². The Bertz CT molecular complexity index is 1810. The Hall–Kier alpha value is -4.10. The summed E-state index contributed by atoms with van der Waals surface area (Å²) in [7, 11) is 0. The average molecular weight is 591 g/mol. The standard InChI is InChI=1S/C31H22Cl3N3O3/c1-17-13-18(2)28-23(14-17)27(21-8-4-5-9-24(21)33)29(36-28)30(38)37-35-16-19-7-3-6-10-26(19)40-31(39)22-12-11-20(32)15-25(22)34/h3-16,36H,1-2H3,(H,37,38). The van der Waals surface area contributed by atoms with Crippen LogP contribution >= 0.6 is 34.8 Å². The highest BCUT2D eigenvalue weighted by Crippen LogP contribution is 2.38. The Morgan fingerprint density at radius 1 is 0.900 bits per heavy atom. The first-order chi connectivity index (χ1) is 19.2. The second kappa shape index (κ2) is 11.6. The predicted molar refractivity (Wildman–Crippen MR) is 161 cm³/mol. The average Bonchev–Trinajstić information content (AvgIpc) is 3.29. The smallest absolute Gasteiger partial charge is 0.345 e. The lowest BCUT2D eigenvalue weighted by Crippen LogP contribution is -2.19. The molecule has 1 heterocycles. The maximum absolute atomic E-state index is 13.4. The van der Waals surface area contributed by atoms with Crippen LogP contribution in [0.2, 0.25) is 15.1 Å². The van der Waals surface area contributed by atoms with E-state index in [-0.39, 0.29) is 16.3 Å². The molecule has 9 heteroatoms. The number of aryl methyl sites for hydroxylation is 2. The number of nitrogens with zero attached hydrogens (tertiary/aromatic N) is 1. The normalized spacial score (nSPS) is 11.2. The van der Waals surface area contributed by atoms with Crippen molar-refractivity contribution < 1.29 is 14.3 Å². The number of nitrogens with one attached hydrogen (secondary N) is 2. The molecule has 0 saturated carbocycles. The number of esters is 1. The van der Waals surface area contributed by atoms with E-state index in [0.717, 1.165) is 27.6 Å². The van der Waals surface area contributed by atoms with E-state index in [4.69, 9.17) is 39.5 Å². The molecule has 0 unspecified atom stereocenters. The summed E-state index contributed by atoms with van der Waals surface area (Å²) in [6, 6.07) is 22.7. The minimum Gasteiger partial charge on any atom is -0.422 e. The first-order valence-electron chi connectivity index (χ1n) is 12.2. The molecule has 0 aliphatic carbocycles. The first kappa shape index (κ1) is 27.5. The molecular weight excluding hydrogens is 569 g/mol. The van der Waals surface area contributed by atoms with E-state index < -0.39 is 11.9 Å². The minimum atomic E-state index is -0.653. The molecule has 40 heavy (non-hydrogen) atoms. The van der Waals surface area contributed by atoms with Crippen molar-refractivity contribution in [2.24, 2.45) is 5.10 Å². The summed E-state index contributed by atoms with van der Waals surface area (Å²) in [5.74, 6) is -0.869. The Balaban J connectivity index is 1.43. The Labute approximate surface area is 245 Å². The third-order valence-electron chi connectivity index (χ3n) is 6.26. The van der Waals surface area contributed by atoms with Gasteiger partial charge in [-0.1, -0.05) is 76.8 Å². The fourth-order valence-corrected chi connectivity index (χ4v) is 5.19. The van der Waals surface area contributed by atoms with Crippen LogP contribution in [0.25, 0.3) is 22.0 Å². The van der Waals surface area contributed by atoms with Crippen molar-refractivity contribution in [2.45, 2.75) is 13.8 Å². The van der Waals surface area contributed by atoms with Gasteiger partial charge in [0.2, 0.25) is 0 Å². The monoisotopic (exact) mass is 589 g/mol. The summed E-state index contributed by atoms with van der Waals surface area (Å²) < 4.78 is 5.56. The zero-order valence-corrected chi connectivity index (χ0v) is 23.7. The Morgan fingerprint density at radius 3 is 2.42 bits per heavy atom. The summed E-state index contributed by atoms with van der Waals surface area (Å²) in [6.07, 6.45) is 1.40. The van der Waals surface area contributed by atoms with Gasteiger partial charge in [0, 0.05) is 37.6 Å². The SMILES string of the molecule is Cc1cc(C)c2[nH]c(C(=O)NN=Cc3ccccc3OC(=O)c3ccc(Cl)cc3Cl)c(-c3ccccc3Cl)c2c1. The molecule has 4 aromatic carbocycles. The van der Waals surface area contributed by atoms with Crippen molar-refractivity contribution in [3.05, 3.63) is 122 Å². The van der Waals surface area contributed by atoms with Gasteiger partial charge in [-0.3, -0.25) is 4.79 Å². The van der Waals surface area contributed by atoms with Gasteiger partial charge in [-0.2, -0.15) is 5.10 Å². The largest absolute Gasteiger partial charge is 0.422 e. The number of benzene rings is 4. The number of para-hydroxylation sites is 1. The summed E-state index contributed by atoms with van der Waals surface area (Å²) in [4.78, 5) is 29.4. The van der Waals surface area contributed by atoms with Gasteiger partial charge in [-0.05, 0) is 61.9 Å². The number of H-pyrrole nitrogens is 1. The van der Waals surface area contributed by atoms with Crippen LogP contribution < -0.4 is 10.2 Å². The second-order valence-corrected chi connectivity index (χ2v) is 10.4. The van der Waals surface area contributed by atoms with Gasteiger partial charge >= 0.3 is 5.97 Å². The molecule has 1 amide bonds.